The summed E-state index contributed by atoms with van der Waals surface area (Å²) in [6.07, 6.45) is 2.76. The number of benzene rings is 1. The largest absolute Gasteiger partial charge is 0.382 e. The molecule has 0 N–H and O–H groups in total. The van der Waals surface area contributed by atoms with Crippen molar-refractivity contribution in [2.75, 3.05) is 13.1 Å². The van der Waals surface area contributed by atoms with Gasteiger partial charge in [-0.25, -0.2) is 4.39 Å². The van der Waals surface area contributed by atoms with Gasteiger partial charge in [0.15, 0.2) is 0 Å². The van der Waals surface area contributed by atoms with E-state index >= 15 is 0 Å². The summed E-state index contributed by atoms with van der Waals surface area (Å²) in [5.74, 6) is 0.490. The highest BCUT2D eigenvalue weighted by Crippen LogP contribution is 2.21. The number of oxime groups is 1. The monoisotopic (exact) mass is 304 g/mol. The maximum Gasteiger partial charge on any atom is 0.266 e. The van der Waals surface area contributed by atoms with E-state index in [2.05, 4.69) is 12.1 Å². The van der Waals surface area contributed by atoms with Gasteiger partial charge >= 0.3 is 0 Å². The van der Waals surface area contributed by atoms with Crippen molar-refractivity contribution in [2.24, 2.45) is 11.1 Å². The van der Waals surface area contributed by atoms with Crippen molar-refractivity contribution < 1.29 is 14.0 Å². The van der Waals surface area contributed by atoms with Crippen LogP contribution < -0.4 is 0 Å². The van der Waals surface area contributed by atoms with Crippen LogP contribution >= 0.6 is 0 Å². The van der Waals surface area contributed by atoms with Gasteiger partial charge in [-0.1, -0.05) is 24.2 Å². The second-order valence-electron chi connectivity index (χ2n) is 6.27. The highest BCUT2D eigenvalue weighted by Gasteiger charge is 2.33. The predicted octanol–water partition coefficient (Wildman–Crippen LogP) is 2.77. The molecule has 1 aromatic carbocycles. The number of hydrogen-bond donors (Lipinski definition) is 0. The molecule has 0 aliphatic carbocycles. The number of hydrogen-bond acceptors (Lipinski definition) is 3. The fourth-order valence-corrected chi connectivity index (χ4v) is 2.93. The molecule has 0 spiro atoms. The van der Waals surface area contributed by atoms with Gasteiger partial charge in [0.05, 0.1) is 5.71 Å². The number of carbonyl (C=O) groups is 1. The molecule has 0 radical (unpaired) electrons. The summed E-state index contributed by atoms with van der Waals surface area (Å²) in [6, 6.07) is 6.34. The minimum absolute atomic E-state index is 0.0461. The second-order valence-corrected chi connectivity index (χ2v) is 6.27. The van der Waals surface area contributed by atoms with Crippen molar-refractivity contribution >= 4 is 11.6 Å². The quantitative estimate of drug-likeness (QED) is 0.861. The van der Waals surface area contributed by atoms with E-state index in [1.54, 1.807) is 12.1 Å². The van der Waals surface area contributed by atoms with E-state index < -0.39 is 6.10 Å². The molecule has 118 valence electrons. The first-order valence-electron chi connectivity index (χ1n) is 7.86. The van der Waals surface area contributed by atoms with Gasteiger partial charge in [0.1, 0.15) is 5.82 Å². The number of amides is 1. The van der Waals surface area contributed by atoms with E-state index in [1.807, 2.05) is 4.90 Å². The second kappa shape index (κ2) is 6.46. The van der Waals surface area contributed by atoms with Gasteiger partial charge in [-0.3, -0.25) is 4.79 Å². The van der Waals surface area contributed by atoms with Crippen LogP contribution in [0.2, 0.25) is 0 Å². The topological polar surface area (TPSA) is 41.9 Å². The third-order valence-corrected chi connectivity index (χ3v) is 4.42. The molecule has 0 bridgehead atoms. The Morgan fingerprint density at radius 2 is 2.00 bits per heavy atom. The Hall–Kier alpha value is -1.91. The molecule has 3 rings (SSSR count). The summed E-state index contributed by atoms with van der Waals surface area (Å²) >= 11 is 0. The number of carbonyl (C=O) groups excluding carboxylic acids is 1. The summed E-state index contributed by atoms with van der Waals surface area (Å²) in [4.78, 5) is 19.6. The van der Waals surface area contributed by atoms with Crippen molar-refractivity contribution in [1.82, 2.24) is 4.90 Å². The Kier molecular flexibility index (Phi) is 4.41. The zero-order valence-corrected chi connectivity index (χ0v) is 12.8. The molecule has 0 aromatic heterocycles. The molecule has 1 amide bonds. The lowest BCUT2D eigenvalue weighted by molar-refractivity contribution is -0.143. The van der Waals surface area contributed by atoms with E-state index in [0.717, 1.165) is 37.2 Å². The highest BCUT2D eigenvalue weighted by molar-refractivity contribution is 5.94. The van der Waals surface area contributed by atoms with Crippen molar-refractivity contribution in [2.45, 2.75) is 38.7 Å². The fourth-order valence-electron chi connectivity index (χ4n) is 2.93. The maximum atomic E-state index is 12.9. The first-order valence-corrected chi connectivity index (χ1v) is 7.86. The molecule has 4 nitrogen and oxygen atoms in total. The van der Waals surface area contributed by atoms with Crippen LogP contribution in [-0.4, -0.2) is 35.7 Å². The van der Waals surface area contributed by atoms with Crippen molar-refractivity contribution in [3.05, 3.63) is 35.6 Å². The molecule has 1 saturated heterocycles. The fraction of sp³-hybridized carbons (Fsp3) is 0.529. The van der Waals surface area contributed by atoms with Gasteiger partial charge in [0.2, 0.25) is 6.10 Å². The van der Waals surface area contributed by atoms with Crippen molar-refractivity contribution in [1.29, 1.82) is 0 Å². The van der Waals surface area contributed by atoms with Gasteiger partial charge in [-0.15, -0.1) is 0 Å². The van der Waals surface area contributed by atoms with Crippen molar-refractivity contribution in [3.63, 3.8) is 0 Å². The molecule has 0 unspecified atom stereocenters. The predicted molar refractivity (Wildman–Crippen MR) is 82.0 cm³/mol. The van der Waals surface area contributed by atoms with E-state index in [-0.39, 0.29) is 11.7 Å². The van der Waals surface area contributed by atoms with Crippen LogP contribution in [0.5, 0.6) is 0 Å². The summed E-state index contributed by atoms with van der Waals surface area (Å²) in [6.45, 7) is 3.85. The molecule has 2 aliphatic heterocycles. The normalized spacial score (nSPS) is 22.4. The van der Waals surface area contributed by atoms with Gasteiger partial charge in [-0.2, -0.15) is 0 Å². The van der Waals surface area contributed by atoms with Gasteiger partial charge in [-0.05, 0) is 36.5 Å². The molecule has 2 heterocycles. The Bertz CT molecular complexity index is 563. The number of nitrogens with zero attached hydrogens (tertiary/aromatic N) is 2. The number of halogens is 1. The smallest absolute Gasteiger partial charge is 0.266 e. The van der Waals surface area contributed by atoms with Crippen LogP contribution in [0.25, 0.3) is 0 Å². The van der Waals surface area contributed by atoms with Gasteiger partial charge < -0.3 is 9.74 Å². The van der Waals surface area contributed by atoms with Crippen molar-refractivity contribution in [3.8, 4) is 0 Å². The average Bonchev–Trinajstić information content (AvgIpc) is 2.98. The molecule has 1 fully saturated rings. The number of likely N-dealkylation sites (tertiary alicyclic amines) is 1. The molecule has 0 saturated carbocycles. The van der Waals surface area contributed by atoms with Crippen LogP contribution in [0.4, 0.5) is 4.39 Å². The molecular formula is C17H21FN2O2. The van der Waals surface area contributed by atoms with E-state index in [9.17, 15) is 9.18 Å². The zero-order valence-electron chi connectivity index (χ0n) is 12.8. The highest BCUT2D eigenvalue weighted by atomic mass is 19.1. The van der Waals surface area contributed by atoms with E-state index in [1.165, 1.54) is 12.1 Å². The Balaban J connectivity index is 1.52. The first-order chi connectivity index (χ1) is 10.6. The lowest BCUT2D eigenvalue weighted by Gasteiger charge is -2.31. The third kappa shape index (κ3) is 3.46. The molecule has 1 aromatic rings. The number of rotatable bonds is 3. The van der Waals surface area contributed by atoms with Gasteiger partial charge in [0.25, 0.3) is 5.91 Å². The lowest BCUT2D eigenvalue weighted by Crippen LogP contribution is -2.43. The van der Waals surface area contributed by atoms with Crippen LogP contribution in [-0.2, 0) is 16.1 Å². The minimum atomic E-state index is -0.483. The lowest BCUT2D eigenvalue weighted by atomic mass is 9.98. The number of piperidine rings is 1. The minimum Gasteiger partial charge on any atom is -0.382 e. The van der Waals surface area contributed by atoms with Gasteiger partial charge in [0, 0.05) is 25.9 Å². The summed E-state index contributed by atoms with van der Waals surface area (Å²) in [7, 11) is 0. The Labute approximate surface area is 129 Å². The Morgan fingerprint density at radius 3 is 2.68 bits per heavy atom. The summed E-state index contributed by atoms with van der Waals surface area (Å²) in [5.41, 5.74) is 1.82. The summed E-state index contributed by atoms with van der Waals surface area (Å²) < 4.78 is 12.9. The molecule has 22 heavy (non-hydrogen) atoms. The third-order valence-electron chi connectivity index (χ3n) is 4.42. The van der Waals surface area contributed by atoms with Crippen LogP contribution in [0, 0.1) is 11.7 Å². The first kappa shape index (κ1) is 15.0. The van der Waals surface area contributed by atoms with Crippen LogP contribution in [0.3, 0.4) is 0 Å². The standard InChI is InChI=1S/C17H21FN2O2/c1-12-6-8-20(9-7-12)17(21)16-11-15(19-22-16)10-13-2-4-14(18)5-3-13/h2-5,12,16H,6-11H2,1H3/t16-/m0/s1. The maximum absolute atomic E-state index is 12.9. The van der Waals surface area contributed by atoms with E-state index in [0.29, 0.717) is 18.8 Å². The van der Waals surface area contributed by atoms with Crippen LogP contribution in [0.15, 0.2) is 29.4 Å². The zero-order chi connectivity index (χ0) is 15.5. The molecular weight excluding hydrogens is 283 g/mol. The SMILES string of the molecule is CC1CCN(C(=O)[C@@H]2CC(Cc3ccc(F)cc3)=NO2)CC1. The average molecular weight is 304 g/mol. The van der Waals surface area contributed by atoms with E-state index in [4.69, 9.17) is 4.84 Å². The Morgan fingerprint density at radius 1 is 1.32 bits per heavy atom. The molecule has 1 atom stereocenters. The molecule has 5 heteroatoms. The van der Waals surface area contributed by atoms with Crippen LogP contribution in [0.1, 0.15) is 31.7 Å². The molecule has 2 aliphatic rings. The summed E-state index contributed by atoms with van der Waals surface area (Å²) in [5, 5.41) is 4.04.